The van der Waals surface area contributed by atoms with E-state index in [4.69, 9.17) is 21.8 Å². The number of nitrogens with one attached hydrogen (secondary N) is 1. The summed E-state index contributed by atoms with van der Waals surface area (Å²) in [6.45, 7) is 1.93. The highest BCUT2D eigenvalue weighted by atomic mass is 35.5. The minimum Gasteiger partial charge on any atom is -0.469 e. The summed E-state index contributed by atoms with van der Waals surface area (Å²) in [6, 6.07) is 5.22. The van der Waals surface area contributed by atoms with Crippen LogP contribution in [0.1, 0.15) is 29.5 Å². The van der Waals surface area contributed by atoms with E-state index in [-0.39, 0.29) is 17.1 Å². The fraction of sp³-hybridized carbons (Fsp3) is 0.286. The molecule has 0 saturated heterocycles. The Hall–Kier alpha value is -2.01. The zero-order valence-corrected chi connectivity index (χ0v) is 11.9. The van der Waals surface area contributed by atoms with Gasteiger partial charge < -0.3 is 15.5 Å². The van der Waals surface area contributed by atoms with E-state index in [2.05, 4.69) is 10.3 Å². The molecule has 0 bridgehead atoms. The van der Waals surface area contributed by atoms with Gasteiger partial charge >= 0.3 is 0 Å². The number of nitrogens with two attached hydrogens (primary N) is 1. The Labute approximate surface area is 122 Å². The van der Waals surface area contributed by atoms with E-state index in [0.717, 1.165) is 18.6 Å². The number of nitrogens with zero attached hydrogens (tertiary/aromatic N) is 1. The number of nitrogen functional groups attached to an aromatic ring is 1. The molecule has 0 aliphatic rings. The van der Waals surface area contributed by atoms with Crippen molar-refractivity contribution in [3.63, 3.8) is 0 Å². The topological polar surface area (TPSA) is 81.2 Å². The number of carbonyl (C=O) groups is 1. The highest BCUT2D eigenvalue weighted by molar-refractivity contribution is 6.29. The van der Waals surface area contributed by atoms with E-state index >= 15 is 0 Å². The second kappa shape index (κ2) is 6.43. The van der Waals surface area contributed by atoms with Gasteiger partial charge in [0.1, 0.15) is 10.9 Å². The summed E-state index contributed by atoms with van der Waals surface area (Å²) in [5.74, 6) is 0.649. The van der Waals surface area contributed by atoms with Gasteiger partial charge in [0.25, 0.3) is 5.91 Å². The lowest BCUT2D eigenvalue weighted by Gasteiger charge is -2.14. The number of hydrogen-bond acceptors (Lipinski definition) is 4. The molecule has 3 N–H and O–H groups in total. The third kappa shape index (κ3) is 3.74. The quantitative estimate of drug-likeness (QED) is 0.831. The summed E-state index contributed by atoms with van der Waals surface area (Å²) >= 11 is 5.77. The molecule has 20 heavy (non-hydrogen) atoms. The first-order valence-corrected chi connectivity index (χ1v) is 6.68. The van der Waals surface area contributed by atoms with Gasteiger partial charge in [-0.2, -0.15) is 0 Å². The molecule has 0 fully saturated rings. The fourth-order valence-corrected chi connectivity index (χ4v) is 1.98. The van der Waals surface area contributed by atoms with Crippen LogP contribution in [0.3, 0.4) is 0 Å². The number of rotatable bonds is 5. The average Bonchev–Trinajstić information content (AvgIpc) is 2.92. The van der Waals surface area contributed by atoms with Crippen molar-refractivity contribution in [2.75, 3.05) is 5.73 Å². The second-order valence-electron chi connectivity index (χ2n) is 4.59. The predicted octanol–water partition coefficient (Wildman–Crippen LogP) is 2.66. The van der Waals surface area contributed by atoms with E-state index in [9.17, 15) is 4.79 Å². The van der Waals surface area contributed by atoms with Crippen molar-refractivity contribution in [3.05, 3.63) is 47.1 Å². The Bertz CT molecular complexity index is 584. The first-order chi connectivity index (χ1) is 9.56. The number of halogens is 1. The van der Waals surface area contributed by atoms with Crippen LogP contribution in [-0.2, 0) is 6.42 Å². The van der Waals surface area contributed by atoms with Crippen LogP contribution in [0, 0.1) is 0 Å². The second-order valence-corrected chi connectivity index (χ2v) is 4.97. The third-order valence-electron chi connectivity index (χ3n) is 2.93. The van der Waals surface area contributed by atoms with Crippen LogP contribution in [-0.4, -0.2) is 16.9 Å². The standard InChI is InChI=1S/C14H16ClN3O2/c1-9(4-5-10-3-2-6-20-10)18-14(19)11-7-13(15)17-8-12(11)16/h2-3,6-9H,4-5,16H2,1H3,(H,18,19). The SMILES string of the molecule is CC(CCc1ccco1)NC(=O)c1cc(Cl)ncc1N. The minimum absolute atomic E-state index is 0.000981. The van der Waals surface area contributed by atoms with E-state index in [1.807, 2.05) is 19.1 Å². The molecule has 0 saturated carbocycles. The van der Waals surface area contributed by atoms with E-state index < -0.39 is 0 Å². The Morgan fingerprint density at radius 1 is 1.60 bits per heavy atom. The van der Waals surface area contributed by atoms with Gasteiger partial charge in [-0.05, 0) is 31.5 Å². The number of aromatic nitrogens is 1. The molecule has 106 valence electrons. The summed E-state index contributed by atoms with van der Waals surface area (Å²) in [6.07, 6.45) is 4.56. The fourth-order valence-electron chi connectivity index (χ4n) is 1.82. The van der Waals surface area contributed by atoms with Crippen molar-refractivity contribution in [1.82, 2.24) is 10.3 Å². The molecule has 0 aliphatic carbocycles. The highest BCUT2D eigenvalue weighted by Crippen LogP contribution is 2.15. The molecule has 5 nitrogen and oxygen atoms in total. The van der Waals surface area contributed by atoms with Crippen molar-refractivity contribution < 1.29 is 9.21 Å². The van der Waals surface area contributed by atoms with E-state index in [1.54, 1.807) is 6.26 Å². The van der Waals surface area contributed by atoms with Gasteiger partial charge in [0.05, 0.1) is 23.7 Å². The van der Waals surface area contributed by atoms with E-state index in [1.165, 1.54) is 12.3 Å². The molecule has 1 unspecified atom stereocenters. The summed E-state index contributed by atoms with van der Waals surface area (Å²) in [5, 5.41) is 3.12. The maximum Gasteiger partial charge on any atom is 0.253 e. The van der Waals surface area contributed by atoms with Crippen LogP contribution in [0.15, 0.2) is 35.1 Å². The minimum atomic E-state index is -0.251. The molecule has 0 radical (unpaired) electrons. The summed E-state index contributed by atoms with van der Waals surface area (Å²) in [5.41, 5.74) is 6.37. The van der Waals surface area contributed by atoms with Crippen LogP contribution in [0.25, 0.3) is 0 Å². The lowest BCUT2D eigenvalue weighted by atomic mass is 10.1. The Morgan fingerprint density at radius 2 is 2.40 bits per heavy atom. The molecule has 2 heterocycles. The molecule has 2 aromatic heterocycles. The van der Waals surface area contributed by atoms with Gasteiger partial charge in [-0.15, -0.1) is 0 Å². The van der Waals surface area contributed by atoms with Gasteiger partial charge in [-0.3, -0.25) is 4.79 Å². The molecular formula is C14H16ClN3O2. The molecule has 1 amide bonds. The number of hydrogen-bond donors (Lipinski definition) is 2. The molecule has 2 aromatic rings. The number of pyridine rings is 1. The Kier molecular flexibility index (Phi) is 4.63. The van der Waals surface area contributed by atoms with Crippen LogP contribution < -0.4 is 11.1 Å². The molecule has 0 spiro atoms. The Morgan fingerprint density at radius 3 is 3.10 bits per heavy atom. The highest BCUT2D eigenvalue weighted by Gasteiger charge is 2.14. The first kappa shape index (κ1) is 14.4. The first-order valence-electron chi connectivity index (χ1n) is 6.30. The zero-order valence-electron chi connectivity index (χ0n) is 11.1. The normalized spacial score (nSPS) is 12.1. The van der Waals surface area contributed by atoms with E-state index in [0.29, 0.717) is 11.3 Å². The summed E-state index contributed by atoms with van der Waals surface area (Å²) in [7, 11) is 0. The van der Waals surface area contributed by atoms with Crippen LogP contribution in [0.2, 0.25) is 5.15 Å². The summed E-state index contributed by atoms with van der Waals surface area (Å²) < 4.78 is 5.25. The number of carbonyl (C=O) groups excluding carboxylic acids is 1. The Balaban J connectivity index is 1.91. The van der Waals surface area contributed by atoms with Crippen molar-refractivity contribution in [3.8, 4) is 0 Å². The van der Waals surface area contributed by atoms with Crippen LogP contribution in [0.5, 0.6) is 0 Å². The van der Waals surface area contributed by atoms with Gasteiger partial charge in [-0.25, -0.2) is 4.98 Å². The third-order valence-corrected chi connectivity index (χ3v) is 3.13. The lowest BCUT2D eigenvalue weighted by Crippen LogP contribution is -2.33. The van der Waals surface area contributed by atoms with Crippen molar-refractivity contribution in [2.24, 2.45) is 0 Å². The lowest BCUT2D eigenvalue weighted by molar-refractivity contribution is 0.0939. The van der Waals surface area contributed by atoms with Gasteiger partial charge in [0, 0.05) is 12.5 Å². The van der Waals surface area contributed by atoms with Gasteiger partial charge in [-0.1, -0.05) is 11.6 Å². The maximum absolute atomic E-state index is 12.1. The predicted molar refractivity (Wildman–Crippen MR) is 77.6 cm³/mol. The molecule has 0 aromatic carbocycles. The van der Waals surface area contributed by atoms with Crippen molar-refractivity contribution in [1.29, 1.82) is 0 Å². The number of anilines is 1. The number of amides is 1. The molecule has 6 heteroatoms. The molecular weight excluding hydrogens is 278 g/mol. The zero-order chi connectivity index (χ0) is 14.5. The van der Waals surface area contributed by atoms with Crippen LogP contribution in [0.4, 0.5) is 5.69 Å². The average molecular weight is 294 g/mol. The monoisotopic (exact) mass is 293 g/mol. The van der Waals surface area contributed by atoms with Gasteiger partial charge in [0.2, 0.25) is 0 Å². The van der Waals surface area contributed by atoms with Crippen molar-refractivity contribution in [2.45, 2.75) is 25.8 Å². The molecule has 2 rings (SSSR count). The van der Waals surface area contributed by atoms with Gasteiger partial charge in [0.15, 0.2) is 0 Å². The van der Waals surface area contributed by atoms with Crippen LogP contribution >= 0.6 is 11.6 Å². The molecule has 0 aliphatic heterocycles. The van der Waals surface area contributed by atoms with Crippen molar-refractivity contribution >= 4 is 23.2 Å². The molecule has 1 atom stereocenters. The largest absolute Gasteiger partial charge is 0.469 e. The summed E-state index contributed by atoms with van der Waals surface area (Å²) in [4.78, 5) is 15.9. The smallest absolute Gasteiger partial charge is 0.253 e. The number of furan rings is 1. The maximum atomic E-state index is 12.1. The number of aryl methyl sites for hydroxylation is 1.